The Morgan fingerprint density at radius 2 is 2.00 bits per heavy atom. The number of aryl methyl sites for hydroxylation is 1. The van der Waals surface area contributed by atoms with Crippen LogP contribution in [0.25, 0.3) is 0 Å². The van der Waals surface area contributed by atoms with Crippen molar-refractivity contribution in [1.82, 2.24) is 9.78 Å². The molecule has 1 aromatic heterocycles. The molecule has 0 atom stereocenters. The molecule has 0 radical (unpaired) electrons. The minimum atomic E-state index is -3.24. The molecule has 0 aliphatic heterocycles. The second-order valence-electron chi connectivity index (χ2n) is 4.99. The van der Waals surface area contributed by atoms with Crippen LogP contribution < -0.4 is 10.9 Å². The highest BCUT2D eigenvalue weighted by atomic mass is 32.2. The number of aromatic nitrogens is 2. The average Bonchev–Trinajstić information content (AvgIpc) is 2.25. The van der Waals surface area contributed by atoms with Gasteiger partial charge in [0.05, 0.1) is 28.9 Å². The average molecular weight is 273 g/mol. The number of nitrogens with one attached hydrogen (secondary N) is 1. The molecule has 0 aliphatic carbocycles. The minimum Gasteiger partial charge on any atom is -0.387 e. The van der Waals surface area contributed by atoms with Crippen molar-refractivity contribution >= 4 is 15.5 Å². The van der Waals surface area contributed by atoms with Crippen LogP contribution in [0.4, 0.5) is 5.69 Å². The summed E-state index contributed by atoms with van der Waals surface area (Å²) >= 11 is 0. The molecular weight excluding hydrogens is 254 g/mol. The summed E-state index contributed by atoms with van der Waals surface area (Å²) in [4.78, 5) is 11.6. The second-order valence-corrected chi connectivity index (χ2v) is 7.85. The Kier molecular flexibility index (Phi) is 4.16. The van der Waals surface area contributed by atoms with E-state index in [9.17, 15) is 13.2 Å². The Hall–Kier alpha value is -1.37. The van der Waals surface area contributed by atoms with E-state index >= 15 is 0 Å². The van der Waals surface area contributed by atoms with Crippen LogP contribution in [0.3, 0.4) is 0 Å². The lowest BCUT2D eigenvalue weighted by molar-refractivity contribution is 0.543. The molecule has 1 heterocycles. The number of anilines is 1. The Labute approximate surface area is 107 Å². The van der Waals surface area contributed by atoms with Gasteiger partial charge in [-0.2, -0.15) is 5.10 Å². The Bertz CT molecular complexity index is 570. The van der Waals surface area contributed by atoms with Gasteiger partial charge in [0.15, 0.2) is 9.84 Å². The first kappa shape index (κ1) is 14.7. The van der Waals surface area contributed by atoms with Crippen molar-refractivity contribution in [2.24, 2.45) is 0 Å². The largest absolute Gasteiger partial charge is 0.387 e. The van der Waals surface area contributed by atoms with Crippen LogP contribution in [-0.2, 0) is 16.4 Å². The van der Waals surface area contributed by atoms with Crippen molar-refractivity contribution in [2.45, 2.75) is 32.1 Å². The number of hydrogen-bond acceptors (Lipinski definition) is 5. The van der Waals surface area contributed by atoms with Crippen LogP contribution in [0.5, 0.6) is 0 Å². The van der Waals surface area contributed by atoms with E-state index in [4.69, 9.17) is 0 Å². The second kappa shape index (κ2) is 5.09. The lowest BCUT2D eigenvalue weighted by atomic mass is 10.3. The van der Waals surface area contributed by atoms with Gasteiger partial charge in [-0.1, -0.05) is 0 Å². The summed E-state index contributed by atoms with van der Waals surface area (Å²) in [5.41, 5.74) is 0.292. The first-order valence-electron chi connectivity index (χ1n) is 5.64. The fourth-order valence-corrected chi connectivity index (χ4v) is 2.28. The zero-order chi connectivity index (χ0) is 14.0. The molecule has 0 saturated heterocycles. The van der Waals surface area contributed by atoms with E-state index in [0.29, 0.717) is 5.69 Å². The van der Waals surface area contributed by atoms with E-state index in [1.807, 2.05) is 0 Å². The van der Waals surface area contributed by atoms with Crippen molar-refractivity contribution in [3.05, 3.63) is 22.6 Å². The molecule has 18 heavy (non-hydrogen) atoms. The van der Waals surface area contributed by atoms with Gasteiger partial charge in [0, 0.05) is 13.1 Å². The van der Waals surface area contributed by atoms with Gasteiger partial charge in [0.2, 0.25) is 0 Å². The quantitative estimate of drug-likeness (QED) is 0.864. The molecule has 0 fully saturated rings. The van der Waals surface area contributed by atoms with Crippen molar-refractivity contribution in [2.75, 3.05) is 18.1 Å². The van der Waals surface area contributed by atoms with Crippen LogP contribution in [0.1, 0.15) is 20.8 Å². The maximum absolute atomic E-state index is 11.9. The van der Waals surface area contributed by atoms with Gasteiger partial charge in [0.1, 0.15) is 0 Å². The van der Waals surface area contributed by atoms with Crippen molar-refractivity contribution in [3.8, 4) is 0 Å². The molecule has 0 amide bonds. The van der Waals surface area contributed by atoms with Crippen LogP contribution >= 0.6 is 0 Å². The smallest absolute Gasteiger partial charge is 0.268 e. The van der Waals surface area contributed by atoms with Crippen LogP contribution in [0.2, 0.25) is 0 Å². The number of nitrogens with zero attached hydrogens (tertiary/aromatic N) is 2. The van der Waals surface area contributed by atoms with E-state index in [1.54, 1.807) is 27.8 Å². The third-order valence-electron chi connectivity index (χ3n) is 2.66. The van der Waals surface area contributed by atoms with Gasteiger partial charge in [-0.05, 0) is 20.8 Å². The summed E-state index contributed by atoms with van der Waals surface area (Å²) in [7, 11) is -1.56. The molecule has 1 rings (SSSR count). The van der Waals surface area contributed by atoms with Gasteiger partial charge in [-0.3, -0.25) is 4.79 Å². The predicted molar refractivity (Wildman–Crippen MR) is 71.6 cm³/mol. The summed E-state index contributed by atoms with van der Waals surface area (Å²) in [6.07, 6.45) is 1.49. The van der Waals surface area contributed by atoms with Gasteiger partial charge in [-0.25, -0.2) is 13.1 Å². The third-order valence-corrected chi connectivity index (χ3v) is 5.25. The molecule has 7 heteroatoms. The summed E-state index contributed by atoms with van der Waals surface area (Å²) < 4.78 is 24.1. The zero-order valence-corrected chi connectivity index (χ0v) is 11.9. The van der Waals surface area contributed by atoms with Gasteiger partial charge in [-0.15, -0.1) is 0 Å². The van der Waals surface area contributed by atoms with Gasteiger partial charge >= 0.3 is 0 Å². The maximum Gasteiger partial charge on any atom is 0.268 e. The molecule has 0 saturated carbocycles. The first-order valence-corrected chi connectivity index (χ1v) is 7.30. The number of sulfone groups is 1. The lowest BCUT2D eigenvalue weighted by Crippen LogP contribution is -2.34. The molecule has 6 nitrogen and oxygen atoms in total. The molecule has 1 aromatic rings. The fraction of sp³-hybridized carbons (Fsp3) is 0.636. The lowest BCUT2D eigenvalue weighted by Gasteiger charge is -2.19. The van der Waals surface area contributed by atoms with Crippen LogP contribution in [0.15, 0.2) is 17.1 Å². The Morgan fingerprint density at radius 3 is 2.44 bits per heavy atom. The highest BCUT2D eigenvalue weighted by Crippen LogP contribution is 2.15. The molecule has 0 spiro atoms. The number of rotatable bonds is 4. The van der Waals surface area contributed by atoms with Crippen LogP contribution in [-0.4, -0.2) is 35.7 Å². The maximum atomic E-state index is 11.9. The molecule has 1 N–H and O–H groups in total. The van der Waals surface area contributed by atoms with Crippen molar-refractivity contribution in [3.63, 3.8) is 0 Å². The van der Waals surface area contributed by atoms with E-state index in [2.05, 4.69) is 10.4 Å². The van der Waals surface area contributed by atoms with E-state index < -0.39 is 14.6 Å². The van der Waals surface area contributed by atoms with E-state index in [1.165, 1.54) is 12.3 Å². The summed E-state index contributed by atoms with van der Waals surface area (Å²) in [5, 5.41) is 6.71. The molecule has 102 valence electrons. The minimum absolute atomic E-state index is 0.0719. The zero-order valence-electron chi connectivity index (χ0n) is 11.1. The fourth-order valence-electron chi connectivity index (χ4n) is 1.25. The van der Waals surface area contributed by atoms with Crippen molar-refractivity contribution < 1.29 is 8.42 Å². The Balaban J connectivity index is 2.86. The molecule has 0 bridgehead atoms. The van der Waals surface area contributed by atoms with E-state index in [-0.39, 0.29) is 17.9 Å². The SMILES string of the molecule is CNc1cnn(CCS(=O)(=O)C(C)(C)C)c(=O)c1. The highest BCUT2D eigenvalue weighted by Gasteiger charge is 2.28. The van der Waals surface area contributed by atoms with Crippen LogP contribution in [0, 0.1) is 0 Å². The molecule has 0 unspecified atom stereocenters. The summed E-state index contributed by atoms with van der Waals surface area (Å²) in [5.74, 6) is -0.0949. The molecule has 0 aliphatic rings. The standard InChI is InChI=1S/C11H19N3O3S/c1-11(2,3)18(16,17)6-5-14-10(15)7-9(12-4)8-13-14/h7-8,12H,5-6H2,1-4H3. The third kappa shape index (κ3) is 3.32. The number of hydrogen-bond donors (Lipinski definition) is 1. The highest BCUT2D eigenvalue weighted by molar-refractivity contribution is 7.92. The topological polar surface area (TPSA) is 81.1 Å². The Morgan fingerprint density at radius 1 is 1.39 bits per heavy atom. The molecular formula is C11H19N3O3S. The molecule has 0 aromatic carbocycles. The van der Waals surface area contributed by atoms with Gasteiger partial charge < -0.3 is 5.32 Å². The first-order chi connectivity index (χ1) is 8.17. The summed E-state index contributed by atoms with van der Waals surface area (Å²) in [6, 6.07) is 1.39. The summed E-state index contributed by atoms with van der Waals surface area (Å²) in [6.45, 7) is 5.00. The van der Waals surface area contributed by atoms with Gasteiger partial charge in [0.25, 0.3) is 5.56 Å². The predicted octanol–water partition coefficient (Wildman–Crippen LogP) is 0.498. The monoisotopic (exact) mass is 273 g/mol. The van der Waals surface area contributed by atoms with Crippen molar-refractivity contribution in [1.29, 1.82) is 0 Å². The van der Waals surface area contributed by atoms with E-state index in [0.717, 1.165) is 4.68 Å². The normalized spacial score (nSPS) is 12.4.